The molecule has 0 aromatic carbocycles. The Bertz CT molecular complexity index is 439. The van der Waals surface area contributed by atoms with Gasteiger partial charge in [0.05, 0.1) is 16.8 Å². The van der Waals surface area contributed by atoms with Crippen molar-refractivity contribution < 1.29 is 4.52 Å². The number of hydrogen-bond donors (Lipinski definition) is 1. The largest absolute Gasteiger partial charge is 0.356 e. The minimum absolute atomic E-state index is 0. The molecule has 0 radical (unpaired) electrons. The van der Waals surface area contributed by atoms with Gasteiger partial charge in [0.25, 0.3) is 0 Å². The van der Waals surface area contributed by atoms with Crippen LogP contribution in [0.25, 0.3) is 11.0 Å². The van der Waals surface area contributed by atoms with Gasteiger partial charge in [0.2, 0.25) is 0 Å². The molecule has 0 unspecified atom stereocenters. The van der Waals surface area contributed by atoms with Gasteiger partial charge in [-0.15, -0.1) is 12.4 Å². The lowest BCUT2D eigenvalue weighted by Crippen LogP contribution is -2.06. The van der Waals surface area contributed by atoms with E-state index in [1.807, 2.05) is 19.9 Å². The SMILES string of the molecule is Cc1noc2cc([C@@H](C)N)ncc12.Cl. The molecule has 0 saturated heterocycles. The molecule has 5 heteroatoms. The van der Waals surface area contributed by atoms with Crippen LogP contribution in [0, 0.1) is 6.92 Å². The Balaban J connectivity index is 0.000000980. The molecule has 1 atom stereocenters. The van der Waals surface area contributed by atoms with Crippen LogP contribution in [-0.4, -0.2) is 10.1 Å². The van der Waals surface area contributed by atoms with Gasteiger partial charge in [-0.25, -0.2) is 0 Å². The van der Waals surface area contributed by atoms with E-state index in [0.717, 1.165) is 22.4 Å². The van der Waals surface area contributed by atoms with Crippen molar-refractivity contribution in [2.24, 2.45) is 5.73 Å². The molecular weight excluding hydrogens is 202 g/mol. The second kappa shape index (κ2) is 3.94. The number of rotatable bonds is 1. The van der Waals surface area contributed by atoms with Crippen LogP contribution in [0.3, 0.4) is 0 Å². The Labute approximate surface area is 87.9 Å². The molecule has 0 bridgehead atoms. The predicted octanol–water partition coefficient (Wildman–Crippen LogP) is 1.97. The predicted molar refractivity (Wildman–Crippen MR) is 56.4 cm³/mol. The van der Waals surface area contributed by atoms with E-state index in [1.165, 1.54) is 0 Å². The van der Waals surface area contributed by atoms with E-state index >= 15 is 0 Å². The average molecular weight is 214 g/mol. The van der Waals surface area contributed by atoms with Crippen molar-refractivity contribution in [3.8, 4) is 0 Å². The number of pyridine rings is 1. The Kier molecular flexibility index (Phi) is 3.08. The number of aryl methyl sites for hydroxylation is 1. The molecule has 4 nitrogen and oxygen atoms in total. The van der Waals surface area contributed by atoms with Gasteiger partial charge in [-0.3, -0.25) is 4.98 Å². The van der Waals surface area contributed by atoms with Crippen LogP contribution in [0.4, 0.5) is 0 Å². The van der Waals surface area contributed by atoms with Crippen molar-refractivity contribution in [3.63, 3.8) is 0 Å². The van der Waals surface area contributed by atoms with E-state index < -0.39 is 0 Å². The molecule has 14 heavy (non-hydrogen) atoms. The van der Waals surface area contributed by atoms with Gasteiger partial charge in [0, 0.05) is 18.3 Å². The highest BCUT2D eigenvalue weighted by Crippen LogP contribution is 2.19. The fraction of sp³-hybridized carbons (Fsp3) is 0.333. The monoisotopic (exact) mass is 213 g/mol. The summed E-state index contributed by atoms with van der Waals surface area (Å²) in [6, 6.07) is 1.76. The third-order valence-electron chi connectivity index (χ3n) is 2.02. The topological polar surface area (TPSA) is 64.9 Å². The van der Waals surface area contributed by atoms with Gasteiger partial charge < -0.3 is 10.3 Å². The third kappa shape index (κ3) is 1.71. The molecule has 76 valence electrons. The van der Waals surface area contributed by atoms with E-state index in [0.29, 0.717) is 0 Å². The maximum Gasteiger partial charge on any atom is 0.170 e. The lowest BCUT2D eigenvalue weighted by atomic mass is 10.2. The number of aromatic nitrogens is 2. The molecule has 0 saturated carbocycles. The van der Waals surface area contributed by atoms with Crippen molar-refractivity contribution in [2.45, 2.75) is 19.9 Å². The molecular formula is C9H12ClN3O. The second-order valence-electron chi connectivity index (χ2n) is 3.16. The summed E-state index contributed by atoms with van der Waals surface area (Å²) in [5.74, 6) is 0. The van der Waals surface area contributed by atoms with Crippen LogP contribution in [0.15, 0.2) is 16.8 Å². The minimum Gasteiger partial charge on any atom is -0.356 e. The summed E-state index contributed by atoms with van der Waals surface area (Å²) in [5, 5.41) is 4.79. The standard InChI is InChI=1S/C9H11N3O.ClH/c1-5(10)8-3-9-7(4-11-8)6(2)12-13-9;/h3-5H,10H2,1-2H3;1H/t5-;/m1./s1. The summed E-state index contributed by atoms with van der Waals surface area (Å²) in [7, 11) is 0. The first-order valence-electron chi connectivity index (χ1n) is 4.16. The van der Waals surface area contributed by atoms with Crippen LogP contribution >= 0.6 is 12.4 Å². The summed E-state index contributed by atoms with van der Waals surface area (Å²) in [6.07, 6.45) is 1.75. The molecule has 2 aromatic rings. The second-order valence-corrected chi connectivity index (χ2v) is 3.16. The zero-order valence-corrected chi connectivity index (χ0v) is 8.84. The summed E-state index contributed by atoms with van der Waals surface area (Å²) >= 11 is 0. The normalized spacial score (nSPS) is 12.5. The molecule has 0 fully saturated rings. The van der Waals surface area contributed by atoms with E-state index in [1.54, 1.807) is 6.20 Å². The van der Waals surface area contributed by atoms with E-state index in [9.17, 15) is 0 Å². The van der Waals surface area contributed by atoms with Crippen LogP contribution in [-0.2, 0) is 0 Å². The van der Waals surface area contributed by atoms with Crippen LogP contribution < -0.4 is 5.73 Å². The van der Waals surface area contributed by atoms with Crippen LogP contribution in [0.1, 0.15) is 24.4 Å². The summed E-state index contributed by atoms with van der Waals surface area (Å²) in [6.45, 7) is 3.77. The third-order valence-corrected chi connectivity index (χ3v) is 2.02. The van der Waals surface area contributed by atoms with Crippen LogP contribution in [0.2, 0.25) is 0 Å². The highest BCUT2D eigenvalue weighted by Gasteiger charge is 2.07. The number of halogens is 1. The highest BCUT2D eigenvalue weighted by atomic mass is 35.5. The van der Waals surface area contributed by atoms with Crippen molar-refractivity contribution in [1.29, 1.82) is 0 Å². The molecule has 0 aliphatic rings. The van der Waals surface area contributed by atoms with Crippen LogP contribution in [0.5, 0.6) is 0 Å². The van der Waals surface area contributed by atoms with E-state index in [-0.39, 0.29) is 18.4 Å². The molecule has 2 rings (SSSR count). The van der Waals surface area contributed by atoms with Crippen molar-refractivity contribution in [1.82, 2.24) is 10.1 Å². The van der Waals surface area contributed by atoms with Crippen molar-refractivity contribution >= 4 is 23.4 Å². The van der Waals surface area contributed by atoms with Gasteiger partial charge >= 0.3 is 0 Å². The summed E-state index contributed by atoms with van der Waals surface area (Å²) < 4.78 is 5.09. The molecule has 0 spiro atoms. The zero-order chi connectivity index (χ0) is 9.42. The van der Waals surface area contributed by atoms with E-state index in [4.69, 9.17) is 10.3 Å². The molecule has 0 amide bonds. The first-order valence-corrected chi connectivity index (χ1v) is 4.16. The number of hydrogen-bond acceptors (Lipinski definition) is 4. The molecule has 2 heterocycles. The van der Waals surface area contributed by atoms with E-state index in [2.05, 4.69) is 10.1 Å². The van der Waals surface area contributed by atoms with Gasteiger partial charge in [0.1, 0.15) is 0 Å². The average Bonchev–Trinajstić information content (AvgIpc) is 2.47. The fourth-order valence-electron chi connectivity index (χ4n) is 1.22. The quantitative estimate of drug-likeness (QED) is 0.787. The molecule has 2 aromatic heterocycles. The lowest BCUT2D eigenvalue weighted by Gasteiger charge is -2.01. The summed E-state index contributed by atoms with van der Waals surface area (Å²) in [5.41, 5.74) is 8.12. The Hall–Kier alpha value is -1.13. The minimum atomic E-state index is -0.0743. The highest BCUT2D eigenvalue weighted by molar-refractivity contribution is 5.85. The first-order chi connectivity index (χ1) is 6.18. The first kappa shape index (κ1) is 10.9. The van der Waals surface area contributed by atoms with Gasteiger partial charge in [-0.1, -0.05) is 5.16 Å². The molecule has 0 aliphatic carbocycles. The fourth-order valence-corrected chi connectivity index (χ4v) is 1.22. The van der Waals surface area contributed by atoms with Crippen molar-refractivity contribution in [2.75, 3.05) is 0 Å². The molecule has 0 aliphatic heterocycles. The maximum atomic E-state index is 5.69. The smallest absolute Gasteiger partial charge is 0.170 e. The Morgan fingerprint density at radius 1 is 1.50 bits per heavy atom. The number of nitrogens with zero attached hydrogens (tertiary/aromatic N) is 2. The number of fused-ring (bicyclic) bond motifs is 1. The zero-order valence-electron chi connectivity index (χ0n) is 8.02. The van der Waals surface area contributed by atoms with Crippen molar-refractivity contribution in [3.05, 3.63) is 23.7 Å². The summed E-state index contributed by atoms with van der Waals surface area (Å²) in [4.78, 5) is 4.21. The Morgan fingerprint density at radius 2 is 2.21 bits per heavy atom. The maximum absolute atomic E-state index is 5.69. The van der Waals surface area contributed by atoms with Gasteiger partial charge in [0.15, 0.2) is 5.58 Å². The van der Waals surface area contributed by atoms with Gasteiger partial charge in [-0.05, 0) is 13.8 Å². The van der Waals surface area contributed by atoms with Gasteiger partial charge in [-0.2, -0.15) is 0 Å². The number of nitrogens with two attached hydrogens (primary N) is 1. The lowest BCUT2D eigenvalue weighted by molar-refractivity contribution is 0.450. The molecule has 2 N–H and O–H groups in total. The Morgan fingerprint density at radius 3 is 2.86 bits per heavy atom.